The van der Waals surface area contributed by atoms with E-state index >= 15 is 0 Å². The first-order chi connectivity index (χ1) is 12.2. The Hall–Kier alpha value is -3.41. The third-order valence-corrected chi connectivity index (χ3v) is 3.82. The van der Waals surface area contributed by atoms with Crippen LogP contribution >= 0.6 is 0 Å². The lowest BCUT2D eigenvalue weighted by Crippen LogP contribution is -2.14. The third-order valence-electron chi connectivity index (χ3n) is 3.82. The molecule has 2 N–H and O–H groups in total. The number of hydrogen-bond donors (Lipinski definition) is 2. The van der Waals surface area contributed by atoms with E-state index in [0.717, 1.165) is 11.1 Å². The van der Waals surface area contributed by atoms with Crippen molar-refractivity contribution in [3.05, 3.63) is 92.9 Å². The highest BCUT2D eigenvalue weighted by molar-refractivity contribution is 5.49. The van der Waals surface area contributed by atoms with Crippen molar-refractivity contribution in [2.24, 2.45) is 5.18 Å². The van der Waals surface area contributed by atoms with E-state index in [2.05, 4.69) is 10.2 Å². The maximum atomic E-state index is 12.2. The molecule has 25 heavy (non-hydrogen) atoms. The van der Waals surface area contributed by atoms with E-state index in [1.165, 1.54) is 4.57 Å². The van der Waals surface area contributed by atoms with Crippen molar-refractivity contribution in [3.8, 4) is 11.6 Å². The molecule has 0 saturated carbocycles. The second-order valence-corrected chi connectivity index (χ2v) is 5.54. The number of aromatic hydroxyl groups is 1. The van der Waals surface area contributed by atoms with Crippen molar-refractivity contribution in [2.45, 2.75) is 13.0 Å². The van der Waals surface area contributed by atoms with Crippen LogP contribution in [0.4, 0.5) is 0 Å². The number of imidazole rings is 1. The van der Waals surface area contributed by atoms with Gasteiger partial charge >= 0.3 is 5.69 Å². The second kappa shape index (κ2) is 7.44. The topological polar surface area (TPSA) is 87.4 Å². The standard InChI is InChI=1S/C19H17N3O3/c23-18-17(8-4-7-14-5-2-1-3-6-14)21-19(24)22(18)16-11-9-15(10-12-16)13-20-25/h1-7,9-12,23H,8,13H2,(H,21,24). The zero-order chi connectivity index (χ0) is 17.6. The lowest BCUT2D eigenvalue weighted by Gasteiger charge is -2.04. The summed E-state index contributed by atoms with van der Waals surface area (Å²) in [6.07, 6.45) is 4.20. The van der Waals surface area contributed by atoms with E-state index in [-0.39, 0.29) is 12.4 Å². The summed E-state index contributed by atoms with van der Waals surface area (Å²) < 4.78 is 1.20. The number of nitrogens with zero attached hydrogens (tertiary/aromatic N) is 2. The van der Waals surface area contributed by atoms with Gasteiger partial charge in [-0.1, -0.05) is 59.8 Å². The number of aromatic nitrogens is 2. The van der Waals surface area contributed by atoms with Crippen LogP contribution in [0.3, 0.4) is 0 Å². The van der Waals surface area contributed by atoms with Crippen LogP contribution in [0.5, 0.6) is 5.88 Å². The largest absolute Gasteiger partial charge is 0.493 e. The van der Waals surface area contributed by atoms with Crippen molar-refractivity contribution in [2.75, 3.05) is 0 Å². The summed E-state index contributed by atoms with van der Waals surface area (Å²) in [5.41, 5.74) is 2.33. The molecule has 1 aromatic heterocycles. The van der Waals surface area contributed by atoms with Gasteiger partial charge in [-0.3, -0.25) is 0 Å². The lowest BCUT2D eigenvalue weighted by atomic mass is 10.2. The Bertz CT molecular complexity index is 938. The Morgan fingerprint density at radius 3 is 2.48 bits per heavy atom. The molecule has 1 heterocycles. The molecular weight excluding hydrogens is 318 g/mol. The number of aromatic amines is 1. The minimum atomic E-state index is -0.415. The van der Waals surface area contributed by atoms with Crippen LogP contribution in [0.25, 0.3) is 11.8 Å². The summed E-state index contributed by atoms with van der Waals surface area (Å²) in [5, 5.41) is 13.2. The van der Waals surface area contributed by atoms with Gasteiger partial charge in [0.05, 0.1) is 11.4 Å². The molecule has 0 atom stereocenters. The van der Waals surface area contributed by atoms with Crippen LogP contribution in [0, 0.1) is 4.91 Å². The molecule has 6 heteroatoms. The average Bonchev–Trinajstić information content (AvgIpc) is 2.91. The van der Waals surface area contributed by atoms with E-state index in [4.69, 9.17) is 0 Å². The SMILES string of the molecule is O=NCc1ccc(-n2c(O)c(CC=Cc3ccccc3)[nH]c2=O)cc1. The van der Waals surface area contributed by atoms with E-state index in [1.54, 1.807) is 24.3 Å². The van der Waals surface area contributed by atoms with Crippen molar-refractivity contribution in [1.82, 2.24) is 9.55 Å². The van der Waals surface area contributed by atoms with Gasteiger partial charge in [-0.2, -0.15) is 4.91 Å². The summed E-state index contributed by atoms with van der Waals surface area (Å²) in [4.78, 5) is 25.1. The molecule has 0 radical (unpaired) electrons. The molecule has 0 unspecified atom stereocenters. The van der Waals surface area contributed by atoms with Gasteiger partial charge in [0.15, 0.2) is 0 Å². The van der Waals surface area contributed by atoms with Crippen LogP contribution in [-0.2, 0) is 13.0 Å². The molecule has 0 amide bonds. The Morgan fingerprint density at radius 2 is 1.80 bits per heavy atom. The van der Waals surface area contributed by atoms with Crippen LogP contribution in [0.2, 0.25) is 0 Å². The number of allylic oxidation sites excluding steroid dienone is 1. The Balaban J connectivity index is 1.82. The second-order valence-electron chi connectivity index (χ2n) is 5.54. The summed E-state index contributed by atoms with van der Waals surface area (Å²) in [5.74, 6) is -0.121. The van der Waals surface area contributed by atoms with E-state index in [9.17, 15) is 14.8 Å². The van der Waals surface area contributed by atoms with Crippen LogP contribution in [0.15, 0.2) is 70.6 Å². The quantitative estimate of drug-likeness (QED) is 0.677. The fourth-order valence-corrected chi connectivity index (χ4v) is 2.56. The van der Waals surface area contributed by atoms with Gasteiger partial charge in [0.25, 0.3) is 0 Å². The van der Waals surface area contributed by atoms with Crippen molar-refractivity contribution < 1.29 is 5.11 Å². The van der Waals surface area contributed by atoms with Gasteiger partial charge in [0.2, 0.25) is 5.88 Å². The number of H-pyrrole nitrogens is 1. The van der Waals surface area contributed by atoms with Crippen molar-refractivity contribution >= 4 is 6.08 Å². The van der Waals surface area contributed by atoms with E-state index < -0.39 is 5.69 Å². The third kappa shape index (κ3) is 3.74. The zero-order valence-electron chi connectivity index (χ0n) is 13.4. The minimum absolute atomic E-state index is 0.0732. The summed E-state index contributed by atoms with van der Waals surface area (Å²) in [7, 11) is 0. The number of benzene rings is 2. The van der Waals surface area contributed by atoms with Gasteiger partial charge in [-0.05, 0) is 23.3 Å². The molecule has 0 spiro atoms. The molecule has 0 bridgehead atoms. The molecule has 3 aromatic rings. The van der Waals surface area contributed by atoms with Crippen LogP contribution in [-0.4, -0.2) is 14.7 Å². The number of nitrogens with one attached hydrogen (secondary N) is 1. The van der Waals surface area contributed by atoms with E-state index in [1.807, 2.05) is 42.5 Å². The maximum Gasteiger partial charge on any atom is 0.333 e. The molecule has 2 aromatic carbocycles. The molecule has 6 nitrogen and oxygen atoms in total. The normalized spacial score (nSPS) is 11.0. The molecular formula is C19H17N3O3. The maximum absolute atomic E-state index is 12.2. The smallest absolute Gasteiger partial charge is 0.333 e. The van der Waals surface area contributed by atoms with Gasteiger partial charge < -0.3 is 10.1 Å². The molecule has 0 aliphatic carbocycles. The van der Waals surface area contributed by atoms with Crippen LogP contribution < -0.4 is 5.69 Å². The van der Waals surface area contributed by atoms with Crippen LogP contribution in [0.1, 0.15) is 16.8 Å². The molecule has 0 fully saturated rings. The Labute approximate surface area is 144 Å². The fourth-order valence-electron chi connectivity index (χ4n) is 2.56. The number of hydrogen-bond acceptors (Lipinski definition) is 4. The summed E-state index contributed by atoms with van der Waals surface area (Å²) >= 11 is 0. The first kappa shape index (κ1) is 16.4. The highest BCUT2D eigenvalue weighted by atomic mass is 16.3. The average molecular weight is 335 g/mol. The van der Waals surface area contributed by atoms with Gasteiger partial charge in [-0.15, -0.1) is 0 Å². The minimum Gasteiger partial charge on any atom is -0.493 e. The number of nitroso groups, excluding NO2 is 1. The molecule has 0 aliphatic rings. The lowest BCUT2D eigenvalue weighted by molar-refractivity contribution is 0.435. The van der Waals surface area contributed by atoms with Gasteiger partial charge in [0, 0.05) is 6.42 Å². The monoisotopic (exact) mass is 335 g/mol. The Morgan fingerprint density at radius 1 is 1.08 bits per heavy atom. The molecule has 126 valence electrons. The van der Waals surface area contributed by atoms with Crippen molar-refractivity contribution in [1.29, 1.82) is 0 Å². The van der Waals surface area contributed by atoms with E-state index in [0.29, 0.717) is 17.8 Å². The summed E-state index contributed by atoms with van der Waals surface area (Å²) in [6.45, 7) is 0.0732. The highest BCUT2D eigenvalue weighted by Gasteiger charge is 2.13. The molecule has 0 saturated heterocycles. The zero-order valence-corrected chi connectivity index (χ0v) is 13.4. The molecule has 0 aliphatic heterocycles. The van der Waals surface area contributed by atoms with Crippen molar-refractivity contribution in [3.63, 3.8) is 0 Å². The number of rotatable bonds is 6. The fraction of sp³-hybridized carbons (Fsp3) is 0.105. The summed E-state index contributed by atoms with van der Waals surface area (Å²) in [6, 6.07) is 16.5. The Kier molecular flexibility index (Phi) is 4.89. The predicted octanol–water partition coefficient (Wildman–Crippen LogP) is 3.39. The predicted molar refractivity (Wildman–Crippen MR) is 96.7 cm³/mol. The molecule has 3 rings (SSSR count). The van der Waals surface area contributed by atoms with Gasteiger partial charge in [0.1, 0.15) is 6.54 Å². The van der Waals surface area contributed by atoms with Gasteiger partial charge in [-0.25, -0.2) is 9.36 Å². The first-order valence-electron chi connectivity index (χ1n) is 7.82. The highest BCUT2D eigenvalue weighted by Crippen LogP contribution is 2.20. The first-order valence-corrected chi connectivity index (χ1v) is 7.82.